The second-order valence-electron chi connectivity index (χ2n) is 4.22. The quantitative estimate of drug-likeness (QED) is 0.829. The van der Waals surface area contributed by atoms with Crippen molar-refractivity contribution in [3.8, 4) is 0 Å². The van der Waals surface area contributed by atoms with Crippen LogP contribution in [0, 0.1) is 5.82 Å². The highest BCUT2D eigenvalue weighted by atomic mass is 32.2. The van der Waals surface area contributed by atoms with Crippen LogP contribution in [0.1, 0.15) is 12.8 Å². The van der Waals surface area contributed by atoms with E-state index in [-0.39, 0.29) is 16.6 Å². The number of hydrogen-bond acceptors (Lipinski definition) is 4. The Kier molecular flexibility index (Phi) is 4.14. The van der Waals surface area contributed by atoms with Crippen LogP contribution in [0.25, 0.3) is 0 Å². The first kappa shape index (κ1) is 13.6. The normalized spacial score (nSPS) is 20.8. The van der Waals surface area contributed by atoms with Crippen LogP contribution < -0.4 is 10.5 Å². The molecule has 2 rings (SSSR count). The summed E-state index contributed by atoms with van der Waals surface area (Å²) in [6.45, 7) is 0. The molecule has 0 amide bonds. The van der Waals surface area contributed by atoms with Crippen molar-refractivity contribution in [2.45, 2.75) is 23.8 Å². The number of nitrogens with one attached hydrogen (secondary N) is 1. The summed E-state index contributed by atoms with van der Waals surface area (Å²) in [6.07, 6.45) is 1.79. The van der Waals surface area contributed by atoms with Crippen LogP contribution in [0.5, 0.6) is 0 Å². The molecule has 0 radical (unpaired) electrons. The third-order valence-corrected chi connectivity index (χ3v) is 5.54. The van der Waals surface area contributed by atoms with Gasteiger partial charge in [-0.2, -0.15) is 11.8 Å². The van der Waals surface area contributed by atoms with Crippen LogP contribution in [0.4, 0.5) is 10.1 Å². The first-order valence-corrected chi connectivity index (χ1v) is 8.28. The molecule has 1 fully saturated rings. The lowest BCUT2D eigenvalue weighted by molar-refractivity contribution is 0.542. The summed E-state index contributed by atoms with van der Waals surface area (Å²) >= 11 is 1.71. The van der Waals surface area contributed by atoms with E-state index >= 15 is 0 Å². The van der Waals surface area contributed by atoms with Crippen molar-refractivity contribution >= 4 is 27.5 Å². The van der Waals surface area contributed by atoms with Crippen LogP contribution in [0.15, 0.2) is 23.1 Å². The summed E-state index contributed by atoms with van der Waals surface area (Å²) in [5.74, 6) is 1.19. The van der Waals surface area contributed by atoms with Crippen molar-refractivity contribution in [2.75, 3.05) is 17.2 Å². The van der Waals surface area contributed by atoms with Gasteiger partial charge in [-0.25, -0.2) is 17.5 Å². The number of anilines is 1. The smallest absolute Gasteiger partial charge is 0.242 e. The average Bonchev–Trinajstić information content (AvgIpc) is 2.33. The van der Waals surface area contributed by atoms with Crippen molar-refractivity contribution in [1.82, 2.24) is 4.72 Å². The number of nitrogen functional groups attached to an aromatic ring is 1. The maximum atomic E-state index is 13.1. The van der Waals surface area contributed by atoms with E-state index in [4.69, 9.17) is 5.73 Å². The number of rotatable bonds is 3. The van der Waals surface area contributed by atoms with Crippen LogP contribution in [0.2, 0.25) is 0 Å². The summed E-state index contributed by atoms with van der Waals surface area (Å²) in [6, 6.07) is 3.26. The molecule has 7 heteroatoms. The summed E-state index contributed by atoms with van der Waals surface area (Å²) < 4.78 is 39.9. The molecule has 4 nitrogen and oxygen atoms in total. The molecule has 1 aliphatic heterocycles. The van der Waals surface area contributed by atoms with Crippen LogP contribution in [-0.4, -0.2) is 26.0 Å². The van der Waals surface area contributed by atoms with E-state index in [1.54, 1.807) is 11.8 Å². The highest BCUT2D eigenvalue weighted by Gasteiger charge is 2.24. The number of thioether (sulfide) groups is 1. The van der Waals surface area contributed by atoms with Crippen molar-refractivity contribution < 1.29 is 12.8 Å². The van der Waals surface area contributed by atoms with Gasteiger partial charge in [-0.05, 0) is 36.8 Å². The van der Waals surface area contributed by atoms with Crippen molar-refractivity contribution in [3.63, 3.8) is 0 Å². The van der Waals surface area contributed by atoms with Gasteiger partial charge in [0.1, 0.15) is 10.7 Å². The fraction of sp³-hybridized carbons (Fsp3) is 0.455. The maximum Gasteiger partial charge on any atom is 0.242 e. The zero-order chi connectivity index (χ0) is 13.2. The number of halogens is 1. The lowest BCUT2D eigenvalue weighted by Gasteiger charge is -2.22. The van der Waals surface area contributed by atoms with Crippen LogP contribution in [-0.2, 0) is 10.0 Å². The Balaban J connectivity index is 2.21. The van der Waals surface area contributed by atoms with Crippen molar-refractivity contribution in [3.05, 3.63) is 24.0 Å². The molecule has 0 spiro atoms. The summed E-state index contributed by atoms with van der Waals surface area (Å²) in [4.78, 5) is -0.182. The molecule has 3 N–H and O–H groups in total. The molecule has 1 atom stereocenters. The lowest BCUT2D eigenvalue weighted by Crippen LogP contribution is -2.38. The van der Waals surface area contributed by atoms with E-state index in [1.165, 1.54) is 6.07 Å². The molecular formula is C11H15FN2O2S2. The number of sulfonamides is 1. The first-order chi connectivity index (χ1) is 8.49. The average molecular weight is 290 g/mol. The number of nitrogens with two attached hydrogens (primary N) is 1. The van der Waals surface area contributed by atoms with E-state index in [9.17, 15) is 12.8 Å². The first-order valence-electron chi connectivity index (χ1n) is 5.64. The van der Waals surface area contributed by atoms with E-state index in [0.717, 1.165) is 36.5 Å². The number of benzene rings is 1. The highest BCUT2D eigenvalue weighted by Crippen LogP contribution is 2.22. The van der Waals surface area contributed by atoms with Gasteiger partial charge in [-0.3, -0.25) is 0 Å². The minimum absolute atomic E-state index is 0.0624. The largest absolute Gasteiger partial charge is 0.398 e. The zero-order valence-corrected chi connectivity index (χ0v) is 11.4. The molecule has 1 unspecified atom stereocenters. The molecule has 18 heavy (non-hydrogen) atoms. The van der Waals surface area contributed by atoms with Gasteiger partial charge in [0.2, 0.25) is 10.0 Å². The van der Waals surface area contributed by atoms with Gasteiger partial charge in [0.25, 0.3) is 0 Å². The molecule has 1 aromatic carbocycles. The van der Waals surface area contributed by atoms with Gasteiger partial charge in [0, 0.05) is 11.8 Å². The van der Waals surface area contributed by atoms with Gasteiger partial charge in [0.05, 0.1) is 5.69 Å². The van der Waals surface area contributed by atoms with E-state index < -0.39 is 15.8 Å². The van der Waals surface area contributed by atoms with Gasteiger partial charge in [0.15, 0.2) is 0 Å². The third kappa shape index (κ3) is 3.15. The second-order valence-corrected chi connectivity index (χ2v) is 7.05. The summed E-state index contributed by atoms with van der Waals surface area (Å²) in [5.41, 5.74) is 5.65. The Bertz CT molecular complexity index is 528. The van der Waals surface area contributed by atoms with E-state index in [1.807, 2.05) is 0 Å². The Hall–Kier alpha value is -0.790. The predicted molar refractivity (Wildman–Crippen MR) is 71.5 cm³/mol. The maximum absolute atomic E-state index is 13.1. The molecule has 0 aromatic heterocycles. The highest BCUT2D eigenvalue weighted by molar-refractivity contribution is 7.99. The fourth-order valence-corrected chi connectivity index (χ4v) is 4.45. The van der Waals surface area contributed by atoms with Crippen LogP contribution >= 0.6 is 11.8 Å². The molecule has 0 saturated carbocycles. The van der Waals surface area contributed by atoms with E-state index in [0.29, 0.717) is 0 Å². The van der Waals surface area contributed by atoms with Gasteiger partial charge in [-0.15, -0.1) is 0 Å². The van der Waals surface area contributed by atoms with Crippen molar-refractivity contribution in [1.29, 1.82) is 0 Å². The van der Waals surface area contributed by atoms with E-state index in [2.05, 4.69) is 4.72 Å². The molecular weight excluding hydrogens is 275 g/mol. The second kappa shape index (κ2) is 5.46. The Morgan fingerprint density at radius 2 is 2.22 bits per heavy atom. The molecule has 100 valence electrons. The minimum atomic E-state index is -3.74. The zero-order valence-electron chi connectivity index (χ0n) is 9.73. The topological polar surface area (TPSA) is 72.2 Å². The molecule has 1 heterocycles. The van der Waals surface area contributed by atoms with Gasteiger partial charge in [-0.1, -0.05) is 0 Å². The van der Waals surface area contributed by atoms with Crippen LogP contribution in [0.3, 0.4) is 0 Å². The SMILES string of the molecule is Nc1ccc(F)cc1S(=O)(=O)NC1CCCSC1. The molecule has 0 bridgehead atoms. The summed E-state index contributed by atoms with van der Waals surface area (Å²) in [7, 11) is -3.74. The molecule has 1 aliphatic rings. The Morgan fingerprint density at radius 3 is 2.89 bits per heavy atom. The third-order valence-electron chi connectivity index (χ3n) is 2.75. The molecule has 1 saturated heterocycles. The lowest BCUT2D eigenvalue weighted by atomic mass is 10.2. The van der Waals surface area contributed by atoms with Crippen molar-refractivity contribution in [2.24, 2.45) is 0 Å². The standard InChI is InChI=1S/C11H15FN2O2S2/c12-8-3-4-10(13)11(6-8)18(15,16)14-9-2-1-5-17-7-9/h3-4,6,9,14H,1-2,5,7,13H2. The number of hydrogen-bond donors (Lipinski definition) is 2. The molecule has 0 aliphatic carbocycles. The minimum Gasteiger partial charge on any atom is -0.398 e. The predicted octanol–water partition coefficient (Wildman–Crippen LogP) is 1.58. The van der Waals surface area contributed by atoms with Gasteiger partial charge >= 0.3 is 0 Å². The Morgan fingerprint density at radius 1 is 1.44 bits per heavy atom. The van der Waals surface area contributed by atoms with Gasteiger partial charge < -0.3 is 5.73 Å². The summed E-state index contributed by atoms with van der Waals surface area (Å²) in [5, 5.41) is 0. The Labute approximate surface area is 110 Å². The molecule has 1 aromatic rings. The monoisotopic (exact) mass is 290 g/mol. The fourth-order valence-electron chi connectivity index (χ4n) is 1.86.